The molecule has 1 aliphatic carbocycles. The van der Waals surface area contributed by atoms with Crippen LogP contribution >= 0.6 is 11.8 Å². The van der Waals surface area contributed by atoms with Crippen molar-refractivity contribution in [1.82, 2.24) is 19.7 Å². The molecular weight excluding hydrogens is 373 g/mol. The zero-order chi connectivity index (χ0) is 18.9. The fraction of sp³-hybridized carbons (Fsp3) is 0.263. The van der Waals surface area contributed by atoms with Crippen LogP contribution in [0.2, 0.25) is 0 Å². The molecule has 4 nitrogen and oxygen atoms in total. The first-order valence-electron chi connectivity index (χ1n) is 8.53. The number of thioether (sulfide) groups is 1. The molecule has 4 rings (SSSR count). The Kier molecular flexibility index (Phi) is 4.82. The van der Waals surface area contributed by atoms with E-state index in [9.17, 15) is 13.2 Å². The second kappa shape index (κ2) is 7.26. The molecule has 1 aliphatic rings. The van der Waals surface area contributed by atoms with E-state index in [-0.39, 0.29) is 0 Å². The van der Waals surface area contributed by atoms with Crippen molar-refractivity contribution in [2.45, 2.75) is 36.5 Å². The van der Waals surface area contributed by atoms with Gasteiger partial charge >= 0.3 is 6.18 Å². The van der Waals surface area contributed by atoms with Crippen LogP contribution in [0.5, 0.6) is 0 Å². The lowest BCUT2D eigenvalue weighted by Gasteiger charge is -2.08. The maximum Gasteiger partial charge on any atom is 0.416 e. The highest BCUT2D eigenvalue weighted by atomic mass is 32.2. The minimum absolute atomic E-state index is 0.300. The first kappa shape index (κ1) is 17.9. The summed E-state index contributed by atoms with van der Waals surface area (Å²) < 4.78 is 40.1. The first-order chi connectivity index (χ1) is 13.0. The Labute approximate surface area is 158 Å². The topological polar surface area (TPSA) is 46.5 Å². The number of fused-ring (bicyclic) bond motifs is 1. The maximum atomic E-state index is 12.8. The molecular formula is C19H17F3N4S. The number of rotatable bonds is 5. The smallest absolute Gasteiger partial charge is 0.336 e. The molecule has 0 atom stereocenters. The minimum Gasteiger partial charge on any atom is -0.336 e. The van der Waals surface area contributed by atoms with Gasteiger partial charge in [0.05, 0.1) is 24.0 Å². The lowest BCUT2D eigenvalue weighted by molar-refractivity contribution is -0.137. The molecule has 1 aromatic carbocycles. The van der Waals surface area contributed by atoms with Crippen LogP contribution in [-0.2, 0) is 24.9 Å². The number of aromatic amines is 1. The van der Waals surface area contributed by atoms with Gasteiger partial charge in [-0.25, -0.2) is 4.98 Å². The summed E-state index contributed by atoms with van der Waals surface area (Å²) in [7, 11) is 0. The molecule has 27 heavy (non-hydrogen) atoms. The number of aromatic nitrogens is 4. The van der Waals surface area contributed by atoms with Crippen molar-refractivity contribution in [2.24, 2.45) is 0 Å². The number of aryl methyl sites for hydroxylation is 1. The van der Waals surface area contributed by atoms with Crippen LogP contribution in [0.4, 0.5) is 13.2 Å². The summed E-state index contributed by atoms with van der Waals surface area (Å²) in [6.45, 7) is 0.300. The van der Waals surface area contributed by atoms with Gasteiger partial charge in [0.25, 0.3) is 0 Å². The summed E-state index contributed by atoms with van der Waals surface area (Å²) in [5, 5.41) is 5.13. The molecule has 0 aliphatic heterocycles. The molecule has 1 N–H and O–H groups in total. The number of alkyl halides is 3. The van der Waals surface area contributed by atoms with E-state index in [0.29, 0.717) is 17.9 Å². The Morgan fingerprint density at radius 1 is 1.22 bits per heavy atom. The molecule has 0 saturated carbocycles. The van der Waals surface area contributed by atoms with E-state index < -0.39 is 11.7 Å². The van der Waals surface area contributed by atoms with E-state index in [1.165, 1.54) is 11.8 Å². The molecule has 0 radical (unpaired) electrons. The number of allylic oxidation sites excluding steroid dienone is 1. The Bertz CT molecular complexity index is 971. The predicted octanol–water partition coefficient (Wildman–Crippen LogP) is 4.93. The van der Waals surface area contributed by atoms with Crippen molar-refractivity contribution in [3.05, 3.63) is 70.8 Å². The van der Waals surface area contributed by atoms with Crippen LogP contribution in [0, 0.1) is 0 Å². The quantitative estimate of drug-likeness (QED) is 0.629. The van der Waals surface area contributed by atoms with E-state index in [1.807, 2.05) is 12.3 Å². The normalized spacial score (nSPS) is 13.7. The van der Waals surface area contributed by atoms with Crippen molar-refractivity contribution < 1.29 is 13.2 Å². The van der Waals surface area contributed by atoms with Gasteiger partial charge in [-0.1, -0.05) is 30.0 Å². The van der Waals surface area contributed by atoms with Crippen LogP contribution in [0.15, 0.2) is 47.9 Å². The molecule has 8 heteroatoms. The maximum absolute atomic E-state index is 12.8. The molecule has 2 aromatic heterocycles. The van der Waals surface area contributed by atoms with Crippen LogP contribution in [0.3, 0.4) is 0 Å². The summed E-state index contributed by atoms with van der Waals surface area (Å²) in [6.07, 6.45) is 5.43. The summed E-state index contributed by atoms with van der Waals surface area (Å²) in [5.41, 5.74) is 3.09. The molecule has 0 spiro atoms. The molecule has 0 fully saturated rings. The minimum atomic E-state index is -4.33. The van der Waals surface area contributed by atoms with Crippen molar-refractivity contribution >= 4 is 17.8 Å². The number of nitrogens with zero attached hydrogens (tertiary/aromatic N) is 3. The molecule has 0 amide bonds. The number of imidazole rings is 1. The number of hydrogen-bond acceptors (Lipinski definition) is 3. The number of nitrogens with one attached hydrogen (secondary N) is 1. The fourth-order valence-electron chi connectivity index (χ4n) is 2.97. The van der Waals surface area contributed by atoms with Gasteiger partial charge in [0.2, 0.25) is 0 Å². The standard InChI is InChI=1S/C19H17F3N4S/c20-19(21,22)15-5-3-4-13(8-15)10-26-11-14(9-23-26)12-27-18-24-16-6-1-2-7-17(16)25-18/h1,3-6,8-9,11H,2,7,10,12H2,(H,24,25). The fourth-order valence-corrected chi connectivity index (χ4v) is 3.78. The van der Waals surface area contributed by atoms with E-state index >= 15 is 0 Å². The predicted molar refractivity (Wildman–Crippen MR) is 98.3 cm³/mol. The summed E-state index contributed by atoms with van der Waals surface area (Å²) in [4.78, 5) is 7.90. The number of H-pyrrole nitrogens is 1. The first-order valence-corrected chi connectivity index (χ1v) is 9.51. The molecule has 0 unspecified atom stereocenters. The summed E-state index contributed by atoms with van der Waals surface area (Å²) in [5.74, 6) is 0.693. The number of halogens is 3. The third kappa shape index (κ3) is 4.27. The number of hydrogen-bond donors (Lipinski definition) is 1. The second-order valence-corrected chi connectivity index (χ2v) is 7.34. The van der Waals surface area contributed by atoms with E-state index in [1.54, 1.807) is 28.7 Å². The highest BCUT2D eigenvalue weighted by Gasteiger charge is 2.30. The van der Waals surface area contributed by atoms with Gasteiger partial charge < -0.3 is 4.98 Å². The Morgan fingerprint density at radius 2 is 2.11 bits per heavy atom. The van der Waals surface area contributed by atoms with Crippen molar-refractivity contribution in [3.8, 4) is 0 Å². The molecule has 3 aromatic rings. The van der Waals surface area contributed by atoms with E-state index in [4.69, 9.17) is 0 Å². The van der Waals surface area contributed by atoms with Gasteiger partial charge in [-0.05, 0) is 36.6 Å². The highest BCUT2D eigenvalue weighted by Crippen LogP contribution is 2.30. The van der Waals surface area contributed by atoms with Crippen molar-refractivity contribution in [2.75, 3.05) is 0 Å². The molecule has 0 saturated heterocycles. The zero-order valence-corrected chi connectivity index (χ0v) is 15.1. The van der Waals surface area contributed by atoms with E-state index in [0.717, 1.165) is 41.4 Å². The average molecular weight is 390 g/mol. The number of benzene rings is 1. The van der Waals surface area contributed by atoms with Gasteiger partial charge in [0.15, 0.2) is 5.16 Å². The van der Waals surface area contributed by atoms with Gasteiger partial charge in [-0.3, -0.25) is 4.68 Å². The lowest BCUT2D eigenvalue weighted by Crippen LogP contribution is -2.07. The highest BCUT2D eigenvalue weighted by molar-refractivity contribution is 7.98. The van der Waals surface area contributed by atoms with Gasteiger partial charge in [-0.15, -0.1) is 0 Å². The summed E-state index contributed by atoms with van der Waals surface area (Å²) in [6, 6.07) is 5.33. The van der Waals surface area contributed by atoms with Crippen LogP contribution in [0.1, 0.15) is 34.5 Å². The third-order valence-corrected chi connectivity index (χ3v) is 5.23. The van der Waals surface area contributed by atoms with Crippen LogP contribution < -0.4 is 0 Å². The van der Waals surface area contributed by atoms with Gasteiger partial charge in [-0.2, -0.15) is 18.3 Å². The molecule has 2 heterocycles. The Hall–Kier alpha value is -2.48. The lowest BCUT2D eigenvalue weighted by atomic mass is 10.1. The Balaban J connectivity index is 1.39. The molecule has 0 bridgehead atoms. The monoisotopic (exact) mass is 390 g/mol. The van der Waals surface area contributed by atoms with Crippen LogP contribution in [0.25, 0.3) is 6.08 Å². The zero-order valence-electron chi connectivity index (χ0n) is 14.3. The SMILES string of the molecule is FC(F)(F)c1cccc(Cn2cc(CSc3nc4c([nH]3)CCC=C4)cn2)c1. The van der Waals surface area contributed by atoms with Crippen LogP contribution in [-0.4, -0.2) is 19.7 Å². The average Bonchev–Trinajstić information content (AvgIpc) is 3.25. The van der Waals surface area contributed by atoms with Crippen molar-refractivity contribution in [1.29, 1.82) is 0 Å². The second-order valence-electron chi connectivity index (χ2n) is 6.38. The third-order valence-electron chi connectivity index (χ3n) is 4.29. The largest absolute Gasteiger partial charge is 0.416 e. The Morgan fingerprint density at radius 3 is 2.93 bits per heavy atom. The van der Waals surface area contributed by atoms with E-state index in [2.05, 4.69) is 21.1 Å². The van der Waals surface area contributed by atoms with Crippen molar-refractivity contribution in [3.63, 3.8) is 0 Å². The molecule has 140 valence electrons. The van der Waals surface area contributed by atoms with Gasteiger partial charge in [0, 0.05) is 23.2 Å². The summed E-state index contributed by atoms with van der Waals surface area (Å²) >= 11 is 1.59. The van der Waals surface area contributed by atoms with Gasteiger partial charge in [0.1, 0.15) is 0 Å².